The van der Waals surface area contributed by atoms with Crippen molar-refractivity contribution in [1.82, 2.24) is 9.55 Å². The van der Waals surface area contributed by atoms with Gasteiger partial charge in [0.05, 0.1) is 22.1 Å². The zero-order valence-electron chi connectivity index (χ0n) is 18.4. The summed E-state index contributed by atoms with van der Waals surface area (Å²) in [6.45, 7) is 3.24. The zero-order valence-corrected chi connectivity index (χ0v) is 19.2. The Balaban J connectivity index is 1.44. The topological polar surface area (TPSA) is 99.2 Å². The van der Waals surface area contributed by atoms with Gasteiger partial charge < -0.3 is 15.0 Å². The number of nitrogens with one attached hydrogen (secondary N) is 1. The fraction of sp³-hybridized carbons (Fsp3) is 0.240. The summed E-state index contributed by atoms with van der Waals surface area (Å²) in [6.07, 6.45) is 4.99. The largest absolute Gasteiger partial charge is 0.489 e. The lowest BCUT2D eigenvalue weighted by Gasteiger charge is -2.11. The molecule has 0 spiro atoms. The van der Waals surface area contributed by atoms with Gasteiger partial charge in [0.25, 0.3) is 0 Å². The summed E-state index contributed by atoms with van der Waals surface area (Å²) < 4.78 is 35.2. The van der Waals surface area contributed by atoms with Gasteiger partial charge in [0.15, 0.2) is 0 Å². The lowest BCUT2D eigenvalue weighted by Crippen LogP contribution is -2.17. The number of benzene rings is 2. The van der Waals surface area contributed by atoms with Crippen LogP contribution in [0.3, 0.4) is 0 Å². The van der Waals surface area contributed by atoms with Crippen molar-refractivity contribution in [3.8, 4) is 17.0 Å². The molecule has 0 bridgehead atoms. The molecule has 1 aliphatic rings. The van der Waals surface area contributed by atoms with Crippen LogP contribution in [0.15, 0.2) is 67.0 Å². The van der Waals surface area contributed by atoms with Gasteiger partial charge in [0, 0.05) is 47.2 Å². The molecule has 0 atom stereocenters. The van der Waals surface area contributed by atoms with Crippen LogP contribution < -0.4 is 15.2 Å². The number of pyridine rings is 1. The van der Waals surface area contributed by atoms with Crippen molar-refractivity contribution in [1.29, 1.82) is 0 Å². The molecule has 5 rings (SSSR count). The third kappa shape index (κ3) is 4.26. The first kappa shape index (κ1) is 21.3. The molecule has 1 aliphatic carbocycles. The van der Waals surface area contributed by atoms with Crippen molar-refractivity contribution in [2.45, 2.75) is 38.2 Å². The van der Waals surface area contributed by atoms with Crippen LogP contribution in [0.25, 0.3) is 22.2 Å². The summed E-state index contributed by atoms with van der Waals surface area (Å²) in [5.41, 5.74) is 11.7. The standard InChI is InChI=1S/C25H26N4O3S/c1-2-29-23-14-20(32-16-17-4-3-13-27-15-17)9-12-22(23)24(26)25(29)18-5-7-19(8-6-18)28-33(30,31)21-10-11-21/h3-9,12-15,21,28H,2,10-11,16,26H2,1H3. The van der Waals surface area contributed by atoms with Crippen molar-refractivity contribution in [3.63, 3.8) is 0 Å². The van der Waals surface area contributed by atoms with Crippen LogP contribution in [-0.2, 0) is 23.2 Å². The maximum absolute atomic E-state index is 12.2. The number of nitrogens with two attached hydrogens (primary N) is 1. The van der Waals surface area contributed by atoms with Gasteiger partial charge >= 0.3 is 0 Å². The Hall–Kier alpha value is -3.52. The number of aryl methyl sites for hydroxylation is 1. The maximum atomic E-state index is 12.2. The summed E-state index contributed by atoms with van der Waals surface area (Å²) in [4.78, 5) is 4.12. The normalized spacial score (nSPS) is 13.8. The maximum Gasteiger partial charge on any atom is 0.235 e. The minimum absolute atomic E-state index is 0.259. The second kappa shape index (κ2) is 8.44. The van der Waals surface area contributed by atoms with Crippen molar-refractivity contribution in [3.05, 3.63) is 72.6 Å². The lowest BCUT2D eigenvalue weighted by molar-refractivity contribution is 0.306. The van der Waals surface area contributed by atoms with Crippen LogP contribution in [0.4, 0.5) is 11.4 Å². The molecule has 0 unspecified atom stereocenters. The van der Waals surface area contributed by atoms with Gasteiger partial charge in [-0.15, -0.1) is 0 Å². The Morgan fingerprint density at radius 3 is 2.61 bits per heavy atom. The fourth-order valence-electron chi connectivity index (χ4n) is 4.06. The van der Waals surface area contributed by atoms with Crippen molar-refractivity contribution >= 4 is 32.3 Å². The molecule has 3 N–H and O–H groups in total. The molecule has 2 heterocycles. The number of fused-ring (bicyclic) bond motifs is 1. The highest BCUT2D eigenvalue weighted by Crippen LogP contribution is 2.38. The Morgan fingerprint density at radius 2 is 1.94 bits per heavy atom. The van der Waals surface area contributed by atoms with Gasteiger partial charge in [-0.25, -0.2) is 8.42 Å². The molecule has 170 valence electrons. The average molecular weight is 463 g/mol. The Labute approximate surface area is 193 Å². The van der Waals surface area contributed by atoms with E-state index in [1.807, 2.05) is 42.5 Å². The van der Waals surface area contributed by atoms with Crippen molar-refractivity contribution < 1.29 is 13.2 Å². The minimum atomic E-state index is -3.29. The molecule has 8 heteroatoms. The average Bonchev–Trinajstić information content (AvgIpc) is 3.65. The van der Waals surface area contributed by atoms with E-state index < -0.39 is 10.0 Å². The Bertz CT molecular complexity index is 1390. The van der Waals surface area contributed by atoms with Crippen LogP contribution in [0.1, 0.15) is 25.3 Å². The van der Waals surface area contributed by atoms with Crippen LogP contribution >= 0.6 is 0 Å². The number of nitrogen functional groups attached to an aromatic ring is 1. The van der Waals surface area contributed by atoms with E-state index >= 15 is 0 Å². The van der Waals surface area contributed by atoms with Crippen LogP contribution in [-0.4, -0.2) is 23.2 Å². The third-order valence-electron chi connectivity index (χ3n) is 5.90. The van der Waals surface area contributed by atoms with E-state index in [2.05, 4.69) is 21.2 Å². The van der Waals surface area contributed by atoms with Crippen LogP contribution in [0, 0.1) is 0 Å². The lowest BCUT2D eigenvalue weighted by atomic mass is 10.1. The number of nitrogens with zero attached hydrogens (tertiary/aromatic N) is 2. The number of hydrogen-bond donors (Lipinski definition) is 2. The first-order valence-electron chi connectivity index (χ1n) is 11.0. The predicted molar refractivity (Wildman–Crippen MR) is 132 cm³/mol. The number of rotatable bonds is 8. The SMILES string of the molecule is CCn1c(-c2ccc(NS(=O)(=O)C3CC3)cc2)c(N)c2ccc(OCc3cccnc3)cc21. The second-order valence-electron chi connectivity index (χ2n) is 8.26. The monoisotopic (exact) mass is 462 g/mol. The van der Waals surface area contributed by atoms with E-state index in [1.165, 1.54) is 0 Å². The summed E-state index contributed by atoms with van der Waals surface area (Å²) in [5.74, 6) is 0.759. The molecule has 7 nitrogen and oxygen atoms in total. The summed E-state index contributed by atoms with van der Waals surface area (Å²) in [5, 5.41) is 0.698. The van der Waals surface area contributed by atoms with E-state index in [-0.39, 0.29) is 5.25 Å². The predicted octanol–water partition coefficient (Wildman–Crippen LogP) is 4.79. The smallest absolute Gasteiger partial charge is 0.235 e. The zero-order chi connectivity index (χ0) is 23.0. The highest BCUT2D eigenvalue weighted by Gasteiger charge is 2.35. The van der Waals surface area contributed by atoms with E-state index in [0.29, 0.717) is 18.0 Å². The molecule has 0 saturated heterocycles. The van der Waals surface area contributed by atoms with Gasteiger partial charge in [-0.2, -0.15) is 0 Å². The summed E-state index contributed by atoms with van der Waals surface area (Å²) >= 11 is 0. The molecule has 33 heavy (non-hydrogen) atoms. The summed E-state index contributed by atoms with van der Waals surface area (Å²) in [6, 6.07) is 17.2. The van der Waals surface area contributed by atoms with Gasteiger partial charge in [-0.05, 0) is 50.1 Å². The Kier molecular flexibility index (Phi) is 5.46. The van der Waals surface area contributed by atoms with E-state index in [1.54, 1.807) is 24.5 Å². The molecular formula is C25H26N4O3S. The minimum Gasteiger partial charge on any atom is -0.489 e. The van der Waals surface area contributed by atoms with Gasteiger partial charge in [0.1, 0.15) is 12.4 Å². The number of ether oxygens (including phenoxy) is 1. The quantitative estimate of drug-likeness (QED) is 0.392. The molecule has 0 radical (unpaired) electrons. The molecule has 4 aromatic rings. The molecule has 0 amide bonds. The molecule has 0 aliphatic heterocycles. The first-order chi connectivity index (χ1) is 16.0. The highest BCUT2D eigenvalue weighted by molar-refractivity contribution is 7.93. The fourth-order valence-corrected chi connectivity index (χ4v) is 5.45. The number of anilines is 2. The molecule has 2 aromatic heterocycles. The van der Waals surface area contributed by atoms with Crippen LogP contribution in [0.5, 0.6) is 5.75 Å². The van der Waals surface area contributed by atoms with Gasteiger partial charge in [0.2, 0.25) is 10.0 Å². The second-order valence-corrected chi connectivity index (χ2v) is 10.2. The molecule has 1 fully saturated rings. The number of sulfonamides is 1. The van der Waals surface area contributed by atoms with E-state index in [4.69, 9.17) is 10.5 Å². The first-order valence-corrected chi connectivity index (χ1v) is 12.6. The van der Waals surface area contributed by atoms with Crippen molar-refractivity contribution in [2.24, 2.45) is 0 Å². The highest BCUT2D eigenvalue weighted by atomic mass is 32.2. The number of hydrogen-bond acceptors (Lipinski definition) is 5. The van der Waals surface area contributed by atoms with Gasteiger partial charge in [-0.3, -0.25) is 9.71 Å². The van der Waals surface area contributed by atoms with Gasteiger partial charge in [-0.1, -0.05) is 18.2 Å². The summed E-state index contributed by atoms with van der Waals surface area (Å²) in [7, 11) is -3.29. The van der Waals surface area contributed by atoms with E-state index in [0.717, 1.165) is 52.9 Å². The molecular weight excluding hydrogens is 436 g/mol. The van der Waals surface area contributed by atoms with Crippen molar-refractivity contribution in [2.75, 3.05) is 10.5 Å². The molecule has 1 saturated carbocycles. The van der Waals surface area contributed by atoms with Crippen LogP contribution in [0.2, 0.25) is 0 Å². The number of aromatic nitrogens is 2. The third-order valence-corrected chi connectivity index (χ3v) is 7.77. The van der Waals surface area contributed by atoms with E-state index in [9.17, 15) is 8.42 Å². The Morgan fingerprint density at radius 1 is 1.15 bits per heavy atom. The molecule has 2 aromatic carbocycles.